The first-order chi connectivity index (χ1) is 16.0. The van der Waals surface area contributed by atoms with Crippen molar-refractivity contribution in [1.82, 2.24) is 4.57 Å². The normalized spacial score (nSPS) is 13.7. The summed E-state index contributed by atoms with van der Waals surface area (Å²) in [6.45, 7) is 5.04. The summed E-state index contributed by atoms with van der Waals surface area (Å²) in [5, 5.41) is 16.0. The Hall–Kier alpha value is -3.59. The number of nitriles is 1. The minimum absolute atomic E-state index is 0.0863. The van der Waals surface area contributed by atoms with Crippen molar-refractivity contribution in [2.75, 3.05) is 10.6 Å². The number of carbonyl (C=O) groups is 2. The second kappa shape index (κ2) is 9.91. The third-order valence-corrected chi connectivity index (χ3v) is 6.34. The second-order valence-electron chi connectivity index (χ2n) is 8.91. The van der Waals surface area contributed by atoms with E-state index < -0.39 is 0 Å². The van der Waals surface area contributed by atoms with Gasteiger partial charge in [0.25, 0.3) is 0 Å². The molecule has 2 N–H and O–H groups in total. The Labute approximate surface area is 194 Å². The van der Waals surface area contributed by atoms with Gasteiger partial charge in [-0.05, 0) is 86.6 Å². The van der Waals surface area contributed by atoms with E-state index in [1.807, 2.05) is 13.0 Å². The van der Waals surface area contributed by atoms with E-state index in [2.05, 4.69) is 40.3 Å². The number of nitrogens with zero attached hydrogens (tertiary/aromatic N) is 2. The van der Waals surface area contributed by atoms with Crippen molar-refractivity contribution in [3.63, 3.8) is 0 Å². The highest BCUT2D eigenvalue weighted by molar-refractivity contribution is 5.96. The van der Waals surface area contributed by atoms with E-state index in [0.29, 0.717) is 11.3 Å². The van der Waals surface area contributed by atoms with Crippen LogP contribution in [-0.4, -0.2) is 16.4 Å². The monoisotopic (exact) mass is 442 g/mol. The predicted octanol–water partition coefficient (Wildman–Crippen LogP) is 5.41. The average molecular weight is 443 g/mol. The molecule has 2 aromatic carbocycles. The largest absolute Gasteiger partial charge is 0.345 e. The molecule has 170 valence electrons. The van der Waals surface area contributed by atoms with E-state index in [9.17, 15) is 9.59 Å². The Bertz CT molecular complexity index is 1220. The Kier molecular flexibility index (Phi) is 6.79. The average Bonchev–Trinajstić information content (AvgIpc) is 3.12. The number of aromatic nitrogens is 1. The third kappa shape index (κ3) is 5.09. The lowest BCUT2D eigenvalue weighted by molar-refractivity contribution is -0.118. The molecule has 1 heterocycles. The third-order valence-electron chi connectivity index (χ3n) is 6.34. The topological polar surface area (TPSA) is 86.9 Å². The Balaban J connectivity index is 1.36. The van der Waals surface area contributed by atoms with Gasteiger partial charge in [0.1, 0.15) is 0 Å². The minimum Gasteiger partial charge on any atom is -0.345 e. The molecule has 1 atom stereocenters. The van der Waals surface area contributed by atoms with Gasteiger partial charge in [-0.25, -0.2) is 0 Å². The molecule has 6 heteroatoms. The van der Waals surface area contributed by atoms with E-state index in [0.717, 1.165) is 25.1 Å². The van der Waals surface area contributed by atoms with Gasteiger partial charge < -0.3 is 15.2 Å². The van der Waals surface area contributed by atoms with Crippen LogP contribution >= 0.6 is 0 Å². The van der Waals surface area contributed by atoms with Crippen molar-refractivity contribution >= 4 is 34.1 Å². The number of hydrogen-bond acceptors (Lipinski definition) is 3. The Morgan fingerprint density at radius 1 is 1.00 bits per heavy atom. The number of aryl methyl sites for hydroxylation is 2. The SMILES string of the molecule is CCn1c2c(c3cc(NC(=O)CC(C)CC(=O)Nc4ccc(C#N)cc4)ccc31)CCCC2. The van der Waals surface area contributed by atoms with Gasteiger partial charge in [-0.15, -0.1) is 0 Å². The lowest BCUT2D eigenvalue weighted by Gasteiger charge is -2.14. The van der Waals surface area contributed by atoms with Crippen LogP contribution < -0.4 is 10.6 Å². The molecule has 6 nitrogen and oxygen atoms in total. The van der Waals surface area contributed by atoms with Crippen LogP contribution in [0.2, 0.25) is 0 Å². The van der Waals surface area contributed by atoms with Crippen molar-refractivity contribution in [2.24, 2.45) is 5.92 Å². The lowest BCUT2D eigenvalue weighted by atomic mass is 9.95. The summed E-state index contributed by atoms with van der Waals surface area (Å²) in [6.07, 6.45) is 5.20. The standard InChI is InChI=1S/C27H30N4O2/c1-3-31-24-7-5-4-6-22(24)23-16-21(12-13-25(23)31)30-27(33)15-18(2)14-26(32)29-20-10-8-19(17-28)9-11-20/h8-13,16,18H,3-7,14-15H2,1-2H3,(H,29,32)(H,30,33). The van der Waals surface area contributed by atoms with Gasteiger partial charge in [-0.3, -0.25) is 9.59 Å². The van der Waals surface area contributed by atoms with Crippen molar-refractivity contribution in [1.29, 1.82) is 5.26 Å². The molecule has 1 unspecified atom stereocenters. The molecule has 3 aromatic rings. The van der Waals surface area contributed by atoms with Gasteiger partial charge in [-0.2, -0.15) is 5.26 Å². The van der Waals surface area contributed by atoms with Crippen molar-refractivity contribution < 1.29 is 9.59 Å². The van der Waals surface area contributed by atoms with Crippen molar-refractivity contribution in [2.45, 2.75) is 58.9 Å². The molecule has 0 aliphatic heterocycles. The Morgan fingerprint density at radius 3 is 2.30 bits per heavy atom. The number of carbonyl (C=O) groups excluding carboxylic acids is 2. The molecule has 33 heavy (non-hydrogen) atoms. The second-order valence-corrected chi connectivity index (χ2v) is 8.91. The fourth-order valence-corrected chi connectivity index (χ4v) is 4.83. The van der Waals surface area contributed by atoms with Crippen LogP contribution in [-0.2, 0) is 29.0 Å². The maximum Gasteiger partial charge on any atom is 0.224 e. The van der Waals surface area contributed by atoms with Gasteiger partial charge in [0.2, 0.25) is 11.8 Å². The van der Waals surface area contributed by atoms with Crippen LogP contribution in [0.5, 0.6) is 0 Å². The molecule has 1 aliphatic carbocycles. The van der Waals surface area contributed by atoms with Gasteiger partial charge in [0, 0.05) is 47.4 Å². The molecular weight excluding hydrogens is 412 g/mol. The van der Waals surface area contributed by atoms with E-state index in [4.69, 9.17) is 5.26 Å². The van der Waals surface area contributed by atoms with E-state index in [1.165, 1.54) is 35.0 Å². The first-order valence-corrected chi connectivity index (χ1v) is 11.7. The smallest absolute Gasteiger partial charge is 0.224 e. The van der Waals surface area contributed by atoms with Crippen molar-refractivity contribution in [3.05, 3.63) is 59.3 Å². The van der Waals surface area contributed by atoms with E-state index in [-0.39, 0.29) is 30.6 Å². The summed E-state index contributed by atoms with van der Waals surface area (Å²) in [4.78, 5) is 25.0. The molecule has 4 rings (SSSR count). The fourth-order valence-electron chi connectivity index (χ4n) is 4.83. The highest BCUT2D eigenvalue weighted by Gasteiger charge is 2.20. The highest BCUT2D eigenvalue weighted by Crippen LogP contribution is 2.33. The first kappa shape index (κ1) is 22.6. The number of rotatable bonds is 7. The first-order valence-electron chi connectivity index (χ1n) is 11.7. The maximum atomic E-state index is 12.6. The molecule has 0 fully saturated rings. The number of amides is 2. The quantitative estimate of drug-likeness (QED) is 0.513. The minimum atomic E-state index is -0.144. The zero-order valence-electron chi connectivity index (χ0n) is 19.3. The number of benzene rings is 2. The van der Waals surface area contributed by atoms with Gasteiger partial charge >= 0.3 is 0 Å². The van der Waals surface area contributed by atoms with Crippen LogP contribution in [0.15, 0.2) is 42.5 Å². The molecule has 0 saturated carbocycles. The van der Waals surface area contributed by atoms with Crippen molar-refractivity contribution in [3.8, 4) is 6.07 Å². The molecular formula is C27H30N4O2. The molecule has 1 aromatic heterocycles. The number of hydrogen-bond donors (Lipinski definition) is 2. The summed E-state index contributed by atoms with van der Waals surface area (Å²) in [5.41, 5.74) is 6.12. The summed E-state index contributed by atoms with van der Waals surface area (Å²) in [5.74, 6) is -0.327. The van der Waals surface area contributed by atoms with Gasteiger partial charge in [0.15, 0.2) is 0 Å². The Morgan fingerprint density at radius 2 is 1.64 bits per heavy atom. The van der Waals surface area contributed by atoms with Crippen LogP contribution in [0.1, 0.15) is 56.4 Å². The zero-order chi connectivity index (χ0) is 23.4. The number of anilines is 2. The van der Waals surface area contributed by atoms with E-state index >= 15 is 0 Å². The molecule has 0 saturated heterocycles. The number of nitrogens with one attached hydrogen (secondary N) is 2. The summed E-state index contributed by atoms with van der Waals surface area (Å²) in [7, 11) is 0. The van der Waals surface area contributed by atoms with Gasteiger partial charge in [-0.1, -0.05) is 6.92 Å². The van der Waals surface area contributed by atoms with Crippen LogP contribution in [0.3, 0.4) is 0 Å². The zero-order valence-corrected chi connectivity index (χ0v) is 19.3. The fraction of sp³-hybridized carbons (Fsp3) is 0.370. The predicted molar refractivity (Wildman–Crippen MR) is 131 cm³/mol. The highest BCUT2D eigenvalue weighted by atomic mass is 16.2. The molecule has 0 bridgehead atoms. The van der Waals surface area contributed by atoms with Crippen LogP contribution in [0.4, 0.5) is 11.4 Å². The molecule has 0 spiro atoms. The molecule has 2 amide bonds. The number of fused-ring (bicyclic) bond motifs is 3. The van der Waals surface area contributed by atoms with Crippen LogP contribution in [0, 0.1) is 17.2 Å². The maximum absolute atomic E-state index is 12.6. The summed E-state index contributed by atoms with van der Waals surface area (Å²) < 4.78 is 2.41. The summed E-state index contributed by atoms with van der Waals surface area (Å²) >= 11 is 0. The van der Waals surface area contributed by atoms with Crippen LogP contribution in [0.25, 0.3) is 10.9 Å². The van der Waals surface area contributed by atoms with Gasteiger partial charge in [0.05, 0.1) is 11.6 Å². The lowest BCUT2D eigenvalue weighted by Crippen LogP contribution is -2.20. The molecule has 1 aliphatic rings. The summed E-state index contributed by atoms with van der Waals surface area (Å²) in [6, 6.07) is 15.0. The molecule has 0 radical (unpaired) electrons. The van der Waals surface area contributed by atoms with E-state index in [1.54, 1.807) is 24.3 Å².